The molecule has 0 saturated heterocycles. The van der Waals surface area contributed by atoms with Crippen molar-refractivity contribution in [1.82, 2.24) is 4.90 Å². The molecule has 0 aliphatic rings. The fraction of sp³-hybridized carbons (Fsp3) is 0.235. The predicted octanol–water partition coefficient (Wildman–Crippen LogP) is 4.51. The molecule has 2 rings (SSSR count). The summed E-state index contributed by atoms with van der Waals surface area (Å²) in [6.07, 6.45) is 0. The van der Waals surface area contributed by atoms with E-state index in [9.17, 15) is 9.18 Å². The van der Waals surface area contributed by atoms with Crippen molar-refractivity contribution in [3.63, 3.8) is 0 Å². The van der Waals surface area contributed by atoms with Gasteiger partial charge < -0.3 is 5.32 Å². The fourth-order valence-electron chi connectivity index (χ4n) is 2.19. The third-order valence-corrected chi connectivity index (χ3v) is 4.21. The smallest absolute Gasteiger partial charge is 0.238 e. The standard InChI is InChI=1S/C17H17Cl2FN2O/c1-11-13(18)5-4-8-16(11)21-17(23)10-22(2)9-12-14(19)6-3-7-15(12)20/h3-8H,9-10H2,1-2H3,(H,21,23). The van der Waals surface area contributed by atoms with E-state index in [-0.39, 0.29) is 24.8 Å². The van der Waals surface area contributed by atoms with Gasteiger partial charge in [0.25, 0.3) is 0 Å². The van der Waals surface area contributed by atoms with Gasteiger partial charge in [-0.2, -0.15) is 0 Å². The maximum Gasteiger partial charge on any atom is 0.238 e. The summed E-state index contributed by atoms with van der Waals surface area (Å²) >= 11 is 12.0. The SMILES string of the molecule is Cc1c(Cl)cccc1NC(=O)CN(C)Cc1c(F)cccc1Cl. The lowest BCUT2D eigenvalue weighted by Crippen LogP contribution is -2.30. The second kappa shape index (κ2) is 7.77. The number of carbonyl (C=O) groups is 1. The quantitative estimate of drug-likeness (QED) is 0.856. The lowest BCUT2D eigenvalue weighted by Gasteiger charge is -2.18. The maximum atomic E-state index is 13.8. The Morgan fingerprint density at radius 2 is 1.83 bits per heavy atom. The Balaban J connectivity index is 1.99. The summed E-state index contributed by atoms with van der Waals surface area (Å²) in [5, 5.41) is 3.75. The Kier molecular flexibility index (Phi) is 5.99. The van der Waals surface area contributed by atoms with Crippen molar-refractivity contribution in [3.05, 3.63) is 63.4 Å². The van der Waals surface area contributed by atoms with Gasteiger partial charge in [-0.25, -0.2) is 4.39 Å². The molecule has 2 aromatic carbocycles. The topological polar surface area (TPSA) is 32.3 Å². The number of nitrogens with zero attached hydrogens (tertiary/aromatic N) is 1. The number of rotatable bonds is 5. The molecular formula is C17H17Cl2FN2O. The molecule has 0 aromatic heterocycles. The largest absolute Gasteiger partial charge is 0.325 e. The van der Waals surface area contributed by atoms with E-state index >= 15 is 0 Å². The van der Waals surface area contributed by atoms with Gasteiger partial charge in [-0.3, -0.25) is 9.69 Å². The van der Waals surface area contributed by atoms with E-state index in [0.29, 0.717) is 21.3 Å². The van der Waals surface area contributed by atoms with Gasteiger partial charge in [0.1, 0.15) is 5.82 Å². The molecule has 0 aliphatic heterocycles. The van der Waals surface area contributed by atoms with Crippen LogP contribution in [0.15, 0.2) is 36.4 Å². The van der Waals surface area contributed by atoms with Crippen molar-refractivity contribution in [1.29, 1.82) is 0 Å². The molecule has 0 aliphatic carbocycles. The summed E-state index contributed by atoms with van der Waals surface area (Å²) in [5.74, 6) is -0.583. The second-order valence-corrected chi connectivity index (χ2v) is 6.15. The summed E-state index contributed by atoms with van der Waals surface area (Å²) in [7, 11) is 1.73. The summed E-state index contributed by atoms with van der Waals surface area (Å²) in [6.45, 7) is 2.19. The third-order valence-electron chi connectivity index (χ3n) is 3.45. The lowest BCUT2D eigenvalue weighted by molar-refractivity contribution is -0.117. The molecule has 0 radical (unpaired) electrons. The minimum absolute atomic E-state index is 0.108. The van der Waals surface area contributed by atoms with Crippen LogP contribution in [0, 0.1) is 12.7 Å². The van der Waals surface area contributed by atoms with Gasteiger partial charge in [0, 0.05) is 27.8 Å². The molecule has 2 aromatic rings. The zero-order valence-electron chi connectivity index (χ0n) is 12.9. The first-order chi connectivity index (χ1) is 10.9. The fourth-order valence-corrected chi connectivity index (χ4v) is 2.58. The van der Waals surface area contributed by atoms with Crippen LogP contribution in [0.1, 0.15) is 11.1 Å². The average Bonchev–Trinajstić information content (AvgIpc) is 2.48. The molecule has 0 unspecified atom stereocenters. The normalized spacial score (nSPS) is 10.9. The summed E-state index contributed by atoms with van der Waals surface area (Å²) in [4.78, 5) is 13.8. The van der Waals surface area contributed by atoms with E-state index in [0.717, 1.165) is 5.56 Å². The molecule has 0 saturated carbocycles. The third kappa shape index (κ3) is 4.67. The number of hydrogen-bond acceptors (Lipinski definition) is 2. The summed E-state index contributed by atoms with van der Waals surface area (Å²) < 4.78 is 13.8. The summed E-state index contributed by atoms with van der Waals surface area (Å²) in [5.41, 5.74) is 1.85. The first kappa shape index (κ1) is 17.7. The molecule has 23 heavy (non-hydrogen) atoms. The van der Waals surface area contributed by atoms with Crippen LogP contribution in [0.5, 0.6) is 0 Å². The Hall–Kier alpha value is -1.62. The monoisotopic (exact) mass is 354 g/mol. The number of benzene rings is 2. The highest BCUT2D eigenvalue weighted by Crippen LogP contribution is 2.23. The Bertz CT molecular complexity index is 701. The van der Waals surface area contributed by atoms with Crippen molar-refractivity contribution in [3.8, 4) is 0 Å². The van der Waals surface area contributed by atoms with Gasteiger partial charge in [0.05, 0.1) is 6.54 Å². The van der Waals surface area contributed by atoms with Crippen LogP contribution in [0.3, 0.4) is 0 Å². The van der Waals surface area contributed by atoms with Gasteiger partial charge >= 0.3 is 0 Å². The molecule has 3 nitrogen and oxygen atoms in total. The average molecular weight is 355 g/mol. The predicted molar refractivity (Wildman–Crippen MR) is 92.6 cm³/mol. The first-order valence-corrected chi connectivity index (χ1v) is 7.80. The number of carbonyl (C=O) groups excluding carboxylic acids is 1. The Morgan fingerprint density at radius 1 is 1.17 bits per heavy atom. The Morgan fingerprint density at radius 3 is 2.52 bits per heavy atom. The van der Waals surface area contributed by atoms with Crippen LogP contribution in [-0.2, 0) is 11.3 Å². The molecule has 0 atom stereocenters. The number of halogens is 3. The molecule has 1 N–H and O–H groups in total. The zero-order chi connectivity index (χ0) is 17.0. The number of anilines is 1. The van der Waals surface area contributed by atoms with Crippen LogP contribution < -0.4 is 5.32 Å². The first-order valence-electron chi connectivity index (χ1n) is 7.05. The van der Waals surface area contributed by atoms with Crippen molar-refractivity contribution in [2.24, 2.45) is 0 Å². The van der Waals surface area contributed by atoms with Crippen LogP contribution in [0.25, 0.3) is 0 Å². The number of nitrogens with one attached hydrogen (secondary N) is 1. The maximum absolute atomic E-state index is 13.8. The molecule has 0 fully saturated rings. The van der Waals surface area contributed by atoms with E-state index < -0.39 is 0 Å². The molecular weight excluding hydrogens is 338 g/mol. The van der Waals surface area contributed by atoms with E-state index in [2.05, 4.69) is 5.32 Å². The van der Waals surface area contributed by atoms with E-state index in [1.165, 1.54) is 6.07 Å². The highest BCUT2D eigenvalue weighted by atomic mass is 35.5. The lowest BCUT2D eigenvalue weighted by atomic mass is 10.2. The molecule has 1 amide bonds. The highest BCUT2D eigenvalue weighted by Gasteiger charge is 2.13. The van der Waals surface area contributed by atoms with Gasteiger partial charge in [-0.15, -0.1) is 0 Å². The van der Waals surface area contributed by atoms with Gasteiger partial charge in [0.2, 0.25) is 5.91 Å². The number of hydrogen-bond donors (Lipinski definition) is 1. The van der Waals surface area contributed by atoms with E-state index in [4.69, 9.17) is 23.2 Å². The molecule has 122 valence electrons. The van der Waals surface area contributed by atoms with Crippen LogP contribution >= 0.6 is 23.2 Å². The minimum Gasteiger partial charge on any atom is -0.325 e. The van der Waals surface area contributed by atoms with Gasteiger partial charge in [-0.1, -0.05) is 35.3 Å². The van der Waals surface area contributed by atoms with Gasteiger partial charge in [-0.05, 0) is 43.8 Å². The van der Waals surface area contributed by atoms with Crippen molar-refractivity contribution in [2.45, 2.75) is 13.5 Å². The van der Waals surface area contributed by atoms with Crippen LogP contribution in [0.4, 0.5) is 10.1 Å². The van der Waals surface area contributed by atoms with Crippen LogP contribution in [0.2, 0.25) is 10.0 Å². The molecule has 0 spiro atoms. The molecule has 0 heterocycles. The molecule has 0 bridgehead atoms. The van der Waals surface area contributed by atoms with Crippen molar-refractivity contribution in [2.75, 3.05) is 18.9 Å². The van der Waals surface area contributed by atoms with E-state index in [1.807, 2.05) is 6.92 Å². The molecule has 6 heteroatoms. The zero-order valence-corrected chi connectivity index (χ0v) is 14.4. The Labute approximate surface area is 145 Å². The minimum atomic E-state index is -0.379. The van der Waals surface area contributed by atoms with Crippen LogP contribution in [-0.4, -0.2) is 24.4 Å². The number of likely N-dealkylation sites (N-methyl/N-ethyl adjacent to an activating group) is 1. The van der Waals surface area contributed by atoms with Crippen molar-refractivity contribution < 1.29 is 9.18 Å². The number of amides is 1. The highest BCUT2D eigenvalue weighted by molar-refractivity contribution is 6.32. The second-order valence-electron chi connectivity index (χ2n) is 5.33. The van der Waals surface area contributed by atoms with Gasteiger partial charge in [0.15, 0.2) is 0 Å². The van der Waals surface area contributed by atoms with E-state index in [1.54, 1.807) is 42.3 Å². The summed E-state index contributed by atoms with van der Waals surface area (Å²) in [6, 6.07) is 9.85. The van der Waals surface area contributed by atoms with Crippen molar-refractivity contribution >= 4 is 34.8 Å².